The summed E-state index contributed by atoms with van der Waals surface area (Å²) in [6, 6.07) is 8.07. The lowest BCUT2D eigenvalue weighted by Gasteiger charge is -2.37. The van der Waals surface area contributed by atoms with E-state index in [0.717, 1.165) is 23.7 Å². The van der Waals surface area contributed by atoms with Gasteiger partial charge in [-0.15, -0.1) is 0 Å². The molecule has 5 aliphatic rings. The van der Waals surface area contributed by atoms with E-state index in [1.165, 1.54) is 12.1 Å². The normalized spacial score (nSPS) is 35.7. The average Bonchev–Trinajstić information content (AvgIpc) is 3.47. The van der Waals surface area contributed by atoms with Crippen molar-refractivity contribution < 1.29 is 9.59 Å². The van der Waals surface area contributed by atoms with Crippen LogP contribution in [0.4, 0.5) is 5.69 Å². The molecule has 0 spiro atoms. The van der Waals surface area contributed by atoms with E-state index < -0.39 is 0 Å². The Kier molecular flexibility index (Phi) is 3.74. The average molecular weight is 363 g/mol. The summed E-state index contributed by atoms with van der Waals surface area (Å²) in [7, 11) is 0. The van der Waals surface area contributed by atoms with Crippen LogP contribution in [-0.2, 0) is 9.59 Å². The van der Waals surface area contributed by atoms with Crippen molar-refractivity contribution in [3.63, 3.8) is 0 Å². The molecule has 0 radical (unpaired) electrons. The Hall–Kier alpha value is -2.43. The van der Waals surface area contributed by atoms with Crippen molar-refractivity contribution >= 4 is 23.7 Å². The van der Waals surface area contributed by atoms with E-state index in [4.69, 9.17) is 0 Å². The first-order chi connectivity index (χ1) is 13.1. The number of hydrazone groups is 1. The minimum atomic E-state index is -0.182. The molecule has 2 amide bonds. The van der Waals surface area contributed by atoms with Crippen molar-refractivity contribution in [2.75, 3.05) is 18.0 Å². The number of hydrogen-bond donors (Lipinski definition) is 0. The first kappa shape index (κ1) is 16.7. The number of allylic oxidation sites excluding steroid dienone is 2. The van der Waals surface area contributed by atoms with Crippen molar-refractivity contribution in [1.82, 2.24) is 5.01 Å². The highest BCUT2D eigenvalue weighted by molar-refractivity contribution is 6.06. The van der Waals surface area contributed by atoms with Gasteiger partial charge in [0.15, 0.2) is 0 Å². The zero-order valence-electron chi connectivity index (χ0n) is 15.8. The largest absolute Gasteiger partial charge is 0.372 e. The summed E-state index contributed by atoms with van der Waals surface area (Å²) in [5.74, 6) is 1.16. The number of benzene rings is 1. The van der Waals surface area contributed by atoms with E-state index >= 15 is 0 Å². The fourth-order valence-electron chi connectivity index (χ4n) is 5.54. The van der Waals surface area contributed by atoms with Crippen molar-refractivity contribution in [3.8, 4) is 0 Å². The lowest BCUT2D eigenvalue weighted by atomic mass is 9.63. The van der Waals surface area contributed by atoms with Gasteiger partial charge in [-0.05, 0) is 61.6 Å². The fourth-order valence-corrected chi connectivity index (χ4v) is 5.54. The van der Waals surface area contributed by atoms with Gasteiger partial charge in [0.05, 0.1) is 18.1 Å². The standard InChI is InChI=1S/C22H25N3O2/c1-3-24(4-2)14-7-5-13(6-8-14)12-23-25-21(26)19-15-9-10-16(18-11-17(15)18)20(19)22(25)27/h5-10,12,15-20H,3-4,11H2,1-2H3/b23-12-/t15-,16-,17-,18+,19+,20+/m0/s1. The van der Waals surface area contributed by atoms with Gasteiger partial charge in [-0.2, -0.15) is 10.1 Å². The maximum Gasteiger partial charge on any atom is 0.254 e. The zero-order chi connectivity index (χ0) is 18.7. The molecular weight excluding hydrogens is 338 g/mol. The number of nitrogens with zero attached hydrogens (tertiary/aromatic N) is 3. The highest BCUT2D eigenvalue weighted by Gasteiger charge is 2.67. The number of anilines is 1. The maximum absolute atomic E-state index is 12.9. The Balaban J connectivity index is 1.34. The van der Waals surface area contributed by atoms with Crippen molar-refractivity contribution in [1.29, 1.82) is 0 Å². The summed E-state index contributed by atoms with van der Waals surface area (Å²) in [6.07, 6.45) is 7.18. The number of rotatable bonds is 5. The summed E-state index contributed by atoms with van der Waals surface area (Å²) < 4.78 is 0. The summed E-state index contributed by atoms with van der Waals surface area (Å²) in [5.41, 5.74) is 2.06. The molecule has 0 aromatic heterocycles. The van der Waals surface area contributed by atoms with Crippen LogP contribution in [0.1, 0.15) is 25.8 Å². The number of carbonyl (C=O) groups is 2. The minimum Gasteiger partial charge on any atom is -0.372 e. The van der Waals surface area contributed by atoms with Crippen molar-refractivity contribution in [2.45, 2.75) is 20.3 Å². The molecule has 0 N–H and O–H groups in total. The van der Waals surface area contributed by atoms with E-state index in [0.29, 0.717) is 11.8 Å². The Morgan fingerprint density at radius 1 is 1.00 bits per heavy atom. The maximum atomic E-state index is 12.9. The van der Waals surface area contributed by atoms with Crippen LogP contribution in [0.2, 0.25) is 0 Å². The van der Waals surface area contributed by atoms with Gasteiger partial charge in [-0.3, -0.25) is 9.59 Å². The van der Waals surface area contributed by atoms with Gasteiger partial charge in [0.25, 0.3) is 11.8 Å². The molecule has 2 saturated carbocycles. The van der Waals surface area contributed by atoms with Crippen LogP contribution in [0.5, 0.6) is 0 Å². The van der Waals surface area contributed by atoms with Gasteiger partial charge in [0.2, 0.25) is 0 Å². The SMILES string of the molecule is CCN(CC)c1ccc(/C=N\N2C(=O)[C@@H]3[C@H]4C=C[C@@H]([C@@H]5C[C@H]45)[C@H]3C2=O)cc1. The molecule has 6 rings (SSSR count). The quantitative estimate of drug-likeness (QED) is 0.459. The van der Waals surface area contributed by atoms with Gasteiger partial charge in [0.1, 0.15) is 0 Å². The smallest absolute Gasteiger partial charge is 0.254 e. The molecule has 5 heteroatoms. The van der Waals surface area contributed by atoms with Gasteiger partial charge in [-0.25, -0.2) is 0 Å². The zero-order valence-corrected chi connectivity index (χ0v) is 15.8. The summed E-state index contributed by atoms with van der Waals surface area (Å²) in [5, 5.41) is 5.44. The highest BCUT2D eigenvalue weighted by Crippen LogP contribution is 2.65. The molecule has 140 valence electrons. The van der Waals surface area contributed by atoms with Crippen LogP contribution in [0.3, 0.4) is 0 Å². The molecule has 0 unspecified atom stereocenters. The topological polar surface area (TPSA) is 53.0 Å². The van der Waals surface area contributed by atoms with Crippen LogP contribution in [0.15, 0.2) is 41.5 Å². The molecular formula is C22H25N3O2. The number of amides is 2. The second-order valence-electron chi connectivity index (χ2n) is 8.15. The molecule has 5 nitrogen and oxygen atoms in total. The second kappa shape index (κ2) is 6.04. The highest BCUT2D eigenvalue weighted by atomic mass is 16.2. The van der Waals surface area contributed by atoms with Crippen LogP contribution in [0, 0.1) is 35.5 Å². The Labute approximate surface area is 159 Å². The monoisotopic (exact) mass is 363 g/mol. The summed E-state index contributed by atoms with van der Waals surface area (Å²) in [6.45, 7) is 6.19. The van der Waals surface area contributed by atoms with E-state index in [1.54, 1.807) is 6.21 Å². The Morgan fingerprint density at radius 2 is 1.56 bits per heavy atom. The van der Waals surface area contributed by atoms with Crippen LogP contribution >= 0.6 is 0 Å². The second-order valence-corrected chi connectivity index (χ2v) is 8.15. The van der Waals surface area contributed by atoms with Crippen LogP contribution < -0.4 is 4.90 Å². The van der Waals surface area contributed by atoms with Gasteiger partial charge < -0.3 is 4.90 Å². The summed E-state index contributed by atoms with van der Waals surface area (Å²) >= 11 is 0. The number of hydrogen-bond acceptors (Lipinski definition) is 4. The first-order valence-electron chi connectivity index (χ1n) is 10.1. The molecule has 1 aromatic carbocycles. The van der Waals surface area contributed by atoms with Gasteiger partial charge in [0, 0.05) is 18.8 Å². The predicted octanol–water partition coefficient (Wildman–Crippen LogP) is 2.92. The Morgan fingerprint density at radius 3 is 2.07 bits per heavy atom. The minimum absolute atomic E-state index is 0.106. The molecule has 1 aromatic rings. The van der Waals surface area contributed by atoms with Crippen molar-refractivity contribution in [2.24, 2.45) is 40.6 Å². The summed E-state index contributed by atoms with van der Waals surface area (Å²) in [4.78, 5) is 28.1. The van der Waals surface area contributed by atoms with E-state index in [2.05, 4.69) is 48.1 Å². The third kappa shape index (κ3) is 2.40. The van der Waals surface area contributed by atoms with E-state index in [9.17, 15) is 9.59 Å². The molecule has 27 heavy (non-hydrogen) atoms. The Bertz CT molecular complexity index is 804. The van der Waals surface area contributed by atoms with Crippen LogP contribution in [-0.4, -0.2) is 36.1 Å². The molecule has 1 aliphatic heterocycles. The van der Waals surface area contributed by atoms with E-state index in [1.807, 2.05) is 12.1 Å². The molecule has 4 aliphatic carbocycles. The molecule has 1 saturated heterocycles. The molecule has 2 bridgehead atoms. The molecule has 3 fully saturated rings. The van der Waals surface area contributed by atoms with Crippen molar-refractivity contribution in [3.05, 3.63) is 42.0 Å². The molecule has 6 atom stereocenters. The lowest BCUT2D eigenvalue weighted by Crippen LogP contribution is -2.40. The fraction of sp³-hybridized carbons (Fsp3) is 0.500. The number of imide groups is 1. The number of carbonyl (C=O) groups excluding carboxylic acids is 2. The van der Waals surface area contributed by atoms with Gasteiger partial charge in [-0.1, -0.05) is 24.3 Å². The first-order valence-corrected chi connectivity index (χ1v) is 10.1. The van der Waals surface area contributed by atoms with Crippen LogP contribution in [0.25, 0.3) is 0 Å². The van der Waals surface area contributed by atoms with E-state index in [-0.39, 0.29) is 35.5 Å². The predicted molar refractivity (Wildman–Crippen MR) is 104 cm³/mol. The molecule has 1 heterocycles. The lowest BCUT2D eigenvalue weighted by molar-refractivity contribution is -0.140. The van der Waals surface area contributed by atoms with Gasteiger partial charge >= 0.3 is 0 Å². The third-order valence-electron chi connectivity index (χ3n) is 6.98. The third-order valence-corrected chi connectivity index (χ3v) is 6.98.